The SMILES string of the molecule is C/C=C/CC#C[Si](C)(C)C. The number of hydrogen-bond acceptors (Lipinski definition) is 0. The largest absolute Gasteiger partial charge is 0.132 e. The average Bonchev–Trinajstić information content (AvgIpc) is 1.78. The zero-order chi connectivity index (χ0) is 8.04. The second-order valence-electron chi connectivity index (χ2n) is 3.32. The molecule has 0 spiro atoms. The second kappa shape index (κ2) is 4.35. The van der Waals surface area contributed by atoms with E-state index in [4.69, 9.17) is 0 Å². The highest BCUT2D eigenvalue weighted by atomic mass is 28.3. The van der Waals surface area contributed by atoms with E-state index in [9.17, 15) is 0 Å². The first kappa shape index (κ1) is 9.52. The standard InChI is InChI=1S/C9H16Si/c1-5-6-7-8-9-10(2,3)4/h5-6H,7H2,1-4H3/b6-5+. The molecule has 0 aromatic carbocycles. The van der Waals surface area contributed by atoms with Crippen molar-refractivity contribution in [2.24, 2.45) is 0 Å². The van der Waals surface area contributed by atoms with Gasteiger partial charge in [0.15, 0.2) is 0 Å². The van der Waals surface area contributed by atoms with E-state index < -0.39 is 8.07 Å². The van der Waals surface area contributed by atoms with Crippen LogP contribution < -0.4 is 0 Å². The quantitative estimate of drug-likeness (QED) is 0.308. The van der Waals surface area contributed by atoms with Gasteiger partial charge in [-0.25, -0.2) is 0 Å². The molecular formula is C9H16Si. The summed E-state index contributed by atoms with van der Waals surface area (Å²) in [5, 5.41) is 0. The summed E-state index contributed by atoms with van der Waals surface area (Å²) in [7, 11) is -1.10. The lowest BCUT2D eigenvalue weighted by Crippen LogP contribution is -2.16. The third kappa shape index (κ3) is 7.52. The molecule has 0 amide bonds. The van der Waals surface area contributed by atoms with Gasteiger partial charge in [-0.3, -0.25) is 0 Å². The van der Waals surface area contributed by atoms with Crippen molar-refractivity contribution < 1.29 is 0 Å². The molecule has 0 bridgehead atoms. The van der Waals surface area contributed by atoms with Crippen molar-refractivity contribution in [1.82, 2.24) is 0 Å². The normalized spacial score (nSPS) is 11.2. The molecule has 0 nitrogen and oxygen atoms in total. The Bertz CT molecular complexity index is 161. The van der Waals surface area contributed by atoms with Crippen molar-refractivity contribution in [3.8, 4) is 11.5 Å². The molecule has 0 saturated carbocycles. The van der Waals surface area contributed by atoms with Crippen LogP contribution in [-0.2, 0) is 0 Å². The number of hydrogen-bond donors (Lipinski definition) is 0. The minimum atomic E-state index is -1.10. The van der Waals surface area contributed by atoms with Gasteiger partial charge in [-0.2, -0.15) is 0 Å². The molecule has 56 valence electrons. The first-order valence-electron chi connectivity index (χ1n) is 3.67. The van der Waals surface area contributed by atoms with E-state index in [1.165, 1.54) is 0 Å². The van der Waals surface area contributed by atoms with Crippen molar-refractivity contribution in [3.63, 3.8) is 0 Å². The molecule has 0 radical (unpaired) electrons. The Morgan fingerprint density at radius 1 is 1.30 bits per heavy atom. The summed E-state index contributed by atoms with van der Waals surface area (Å²) in [4.78, 5) is 0. The van der Waals surface area contributed by atoms with Crippen LogP contribution >= 0.6 is 0 Å². The van der Waals surface area contributed by atoms with Crippen LogP contribution in [-0.4, -0.2) is 8.07 Å². The fourth-order valence-electron chi connectivity index (χ4n) is 0.493. The maximum Gasteiger partial charge on any atom is 0.129 e. The van der Waals surface area contributed by atoms with Crippen molar-refractivity contribution in [3.05, 3.63) is 12.2 Å². The van der Waals surface area contributed by atoms with Crippen molar-refractivity contribution in [2.45, 2.75) is 33.0 Å². The van der Waals surface area contributed by atoms with E-state index >= 15 is 0 Å². The molecule has 1 heteroatoms. The van der Waals surface area contributed by atoms with E-state index in [-0.39, 0.29) is 0 Å². The van der Waals surface area contributed by atoms with Crippen LogP contribution in [0, 0.1) is 11.5 Å². The summed E-state index contributed by atoms with van der Waals surface area (Å²) in [6.45, 7) is 8.80. The zero-order valence-corrected chi connectivity index (χ0v) is 8.36. The molecule has 0 aliphatic carbocycles. The summed E-state index contributed by atoms with van der Waals surface area (Å²) in [6, 6.07) is 0. The molecule has 10 heavy (non-hydrogen) atoms. The van der Waals surface area contributed by atoms with Gasteiger partial charge >= 0.3 is 0 Å². The van der Waals surface area contributed by atoms with Gasteiger partial charge in [0.1, 0.15) is 8.07 Å². The first-order valence-corrected chi connectivity index (χ1v) is 7.17. The fraction of sp³-hybridized carbons (Fsp3) is 0.556. The minimum absolute atomic E-state index is 0.917. The van der Waals surface area contributed by atoms with Gasteiger partial charge in [0.2, 0.25) is 0 Å². The van der Waals surface area contributed by atoms with E-state index in [0.29, 0.717) is 0 Å². The molecule has 0 aliphatic heterocycles. The molecular weight excluding hydrogens is 136 g/mol. The summed E-state index contributed by atoms with van der Waals surface area (Å²) in [5.41, 5.74) is 3.29. The molecule has 0 unspecified atom stereocenters. The Hall–Kier alpha value is -0.483. The molecule has 0 rings (SSSR count). The van der Waals surface area contributed by atoms with Crippen molar-refractivity contribution in [2.75, 3.05) is 0 Å². The number of allylic oxidation sites excluding steroid dienone is 2. The van der Waals surface area contributed by atoms with Gasteiger partial charge < -0.3 is 0 Å². The molecule has 0 aromatic heterocycles. The lowest BCUT2D eigenvalue weighted by atomic mass is 10.4. The topological polar surface area (TPSA) is 0 Å². The van der Waals surface area contributed by atoms with Gasteiger partial charge in [-0.05, 0) is 6.92 Å². The predicted octanol–water partition coefficient (Wildman–Crippen LogP) is 2.83. The van der Waals surface area contributed by atoms with Gasteiger partial charge in [0.05, 0.1) is 0 Å². The molecule has 0 aliphatic rings. The average molecular weight is 152 g/mol. The van der Waals surface area contributed by atoms with Gasteiger partial charge in [0.25, 0.3) is 0 Å². The van der Waals surface area contributed by atoms with Crippen LogP contribution in [0.15, 0.2) is 12.2 Å². The van der Waals surface area contributed by atoms with Crippen LogP contribution in [0.1, 0.15) is 13.3 Å². The smallest absolute Gasteiger partial charge is 0.129 e. The molecule has 0 heterocycles. The number of rotatable bonds is 1. The first-order chi connectivity index (χ1) is 4.56. The van der Waals surface area contributed by atoms with Crippen molar-refractivity contribution >= 4 is 8.07 Å². The maximum absolute atomic E-state index is 3.29. The Kier molecular flexibility index (Phi) is 4.14. The Morgan fingerprint density at radius 2 is 1.90 bits per heavy atom. The summed E-state index contributed by atoms with van der Waals surface area (Å²) in [6.07, 6.45) is 5.05. The summed E-state index contributed by atoms with van der Waals surface area (Å²) in [5.74, 6) is 3.15. The Balaban J connectivity index is 3.70. The molecule has 0 atom stereocenters. The van der Waals surface area contributed by atoms with Crippen LogP contribution in [0.5, 0.6) is 0 Å². The minimum Gasteiger partial charge on any atom is -0.132 e. The van der Waals surface area contributed by atoms with E-state index in [1.54, 1.807) is 0 Å². The van der Waals surface area contributed by atoms with Crippen LogP contribution in [0.4, 0.5) is 0 Å². The maximum atomic E-state index is 3.29. The van der Waals surface area contributed by atoms with Crippen molar-refractivity contribution in [1.29, 1.82) is 0 Å². The van der Waals surface area contributed by atoms with Gasteiger partial charge in [0, 0.05) is 6.42 Å². The fourth-order valence-corrected chi connectivity index (χ4v) is 1.13. The highest BCUT2D eigenvalue weighted by Crippen LogP contribution is 1.96. The summed E-state index contributed by atoms with van der Waals surface area (Å²) < 4.78 is 0. The Morgan fingerprint density at radius 3 is 2.30 bits per heavy atom. The van der Waals surface area contributed by atoms with Crippen LogP contribution in [0.25, 0.3) is 0 Å². The monoisotopic (exact) mass is 152 g/mol. The third-order valence-corrected chi connectivity index (χ3v) is 1.85. The summed E-state index contributed by atoms with van der Waals surface area (Å²) >= 11 is 0. The second-order valence-corrected chi connectivity index (χ2v) is 8.07. The Labute approximate surface area is 65.3 Å². The zero-order valence-electron chi connectivity index (χ0n) is 7.36. The lowest BCUT2D eigenvalue weighted by Gasteiger charge is -2.02. The highest BCUT2D eigenvalue weighted by Gasteiger charge is 2.06. The van der Waals surface area contributed by atoms with Gasteiger partial charge in [-0.15, -0.1) is 11.5 Å². The molecule has 0 saturated heterocycles. The molecule has 0 aromatic rings. The van der Waals surface area contributed by atoms with Crippen LogP contribution in [0.3, 0.4) is 0 Å². The molecule has 0 fully saturated rings. The van der Waals surface area contributed by atoms with Gasteiger partial charge in [-0.1, -0.05) is 31.8 Å². The highest BCUT2D eigenvalue weighted by molar-refractivity contribution is 6.83. The predicted molar refractivity (Wildman–Crippen MR) is 50.6 cm³/mol. The lowest BCUT2D eigenvalue weighted by molar-refractivity contribution is 1.45. The van der Waals surface area contributed by atoms with Crippen LogP contribution in [0.2, 0.25) is 19.6 Å². The third-order valence-electron chi connectivity index (χ3n) is 0.919. The van der Waals surface area contributed by atoms with E-state index in [1.807, 2.05) is 13.0 Å². The molecule has 0 N–H and O–H groups in total. The van der Waals surface area contributed by atoms with E-state index in [0.717, 1.165) is 6.42 Å². The van der Waals surface area contributed by atoms with E-state index in [2.05, 4.69) is 37.2 Å².